The van der Waals surface area contributed by atoms with Crippen molar-refractivity contribution >= 4 is 5.82 Å². The average Bonchev–Trinajstić information content (AvgIpc) is 2.80. The zero-order valence-electron chi connectivity index (χ0n) is 19.4. The molecule has 0 fully saturated rings. The standard InChI is InChI=1S/C25H32N6O/c1-18(15-30(2)3)27-25-22-17-31(16-19-5-7-21(32-4)8-6-19)14-11-23(22)28-24(29-25)20-9-12-26-13-10-20/h5-10,12-13,18H,11,14-17H2,1-4H3,(H,27,28,29)/t18-/m0/s1. The van der Waals surface area contributed by atoms with E-state index in [1.807, 2.05) is 24.3 Å². The van der Waals surface area contributed by atoms with Crippen LogP contribution in [0, 0.1) is 0 Å². The fourth-order valence-electron chi connectivity index (χ4n) is 4.17. The quantitative estimate of drug-likeness (QED) is 0.585. The van der Waals surface area contributed by atoms with Crippen LogP contribution in [0.2, 0.25) is 0 Å². The first kappa shape index (κ1) is 22.2. The molecule has 0 aliphatic carbocycles. The summed E-state index contributed by atoms with van der Waals surface area (Å²) >= 11 is 0. The Kier molecular flexibility index (Phi) is 6.97. The number of nitrogens with one attached hydrogen (secondary N) is 1. The van der Waals surface area contributed by atoms with Crippen LogP contribution < -0.4 is 10.1 Å². The molecule has 0 spiro atoms. The van der Waals surface area contributed by atoms with Gasteiger partial charge in [-0.3, -0.25) is 9.88 Å². The Balaban J connectivity index is 1.60. The predicted octanol–water partition coefficient (Wildman–Crippen LogP) is 3.47. The van der Waals surface area contributed by atoms with Crippen LogP contribution in [0.25, 0.3) is 11.4 Å². The van der Waals surface area contributed by atoms with Crippen LogP contribution in [-0.4, -0.2) is 65.1 Å². The van der Waals surface area contributed by atoms with Crippen molar-refractivity contribution in [1.29, 1.82) is 0 Å². The molecule has 7 nitrogen and oxygen atoms in total. The Bertz CT molecular complexity index is 1020. The topological polar surface area (TPSA) is 66.4 Å². The molecule has 1 aliphatic rings. The highest BCUT2D eigenvalue weighted by atomic mass is 16.5. The Morgan fingerprint density at radius 3 is 2.53 bits per heavy atom. The van der Waals surface area contributed by atoms with Gasteiger partial charge in [-0.25, -0.2) is 9.97 Å². The highest BCUT2D eigenvalue weighted by molar-refractivity contribution is 5.60. The van der Waals surface area contributed by atoms with E-state index in [1.54, 1.807) is 19.5 Å². The molecule has 0 unspecified atom stereocenters. The van der Waals surface area contributed by atoms with Gasteiger partial charge in [0.25, 0.3) is 0 Å². The summed E-state index contributed by atoms with van der Waals surface area (Å²) in [5.74, 6) is 2.58. The molecule has 1 aliphatic heterocycles. The number of likely N-dealkylation sites (N-methyl/N-ethyl adjacent to an activating group) is 1. The first-order valence-corrected chi connectivity index (χ1v) is 11.1. The maximum absolute atomic E-state index is 5.29. The van der Waals surface area contributed by atoms with Gasteiger partial charge in [0.1, 0.15) is 11.6 Å². The number of anilines is 1. The van der Waals surface area contributed by atoms with Crippen molar-refractivity contribution in [2.45, 2.75) is 32.5 Å². The van der Waals surface area contributed by atoms with Gasteiger partial charge >= 0.3 is 0 Å². The summed E-state index contributed by atoms with van der Waals surface area (Å²) in [4.78, 5) is 18.7. The van der Waals surface area contributed by atoms with E-state index in [0.29, 0.717) is 0 Å². The molecule has 168 valence electrons. The molecule has 0 bridgehead atoms. The van der Waals surface area contributed by atoms with Crippen LogP contribution in [0.1, 0.15) is 23.7 Å². The van der Waals surface area contributed by atoms with E-state index in [2.05, 4.69) is 53.3 Å². The van der Waals surface area contributed by atoms with Gasteiger partial charge in [-0.05, 0) is 50.8 Å². The van der Waals surface area contributed by atoms with E-state index in [1.165, 1.54) is 11.1 Å². The van der Waals surface area contributed by atoms with Gasteiger partial charge in [0.2, 0.25) is 0 Å². The van der Waals surface area contributed by atoms with Gasteiger partial charge in [0.15, 0.2) is 5.82 Å². The van der Waals surface area contributed by atoms with Crippen LogP contribution in [0.15, 0.2) is 48.8 Å². The lowest BCUT2D eigenvalue weighted by atomic mass is 10.0. The summed E-state index contributed by atoms with van der Waals surface area (Å²) in [6.07, 6.45) is 4.48. The number of hydrogen-bond donors (Lipinski definition) is 1. The van der Waals surface area contributed by atoms with Gasteiger partial charge < -0.3 is 15.0 Å². The number of pyridine rings is 1. The second-order valence-corrected chi connectivity index (χ2v) is 8.67. The SMILES string of the molecule is COc1ccc(CN2CCc3nc(-c4ccncc4)nc(N[C@@H](C)CN(C)C)c3C2)cc1. The summed E-state index contributed by atoms with van der Waals surface area (Å²) in [5.41, 5.74) is 4.61. The van der Waals surface area contributed by atoms with Crippen LogP contribution in [0.3, 0.4) is 0 Å². The fraction of sp³-hybridized carbons (Fsp3) is 0.400. The molecule has 0 saturated heterocycles. The van der Waals surface area contributed by atoms with Crippen molar-refractivity contribution in [2.75, 3.05) is 39.6 Å². The number of rotatable bonds is 8. The lowest BCUT2D eigenvalue weighted by Gasteiger charge is -2.31. The molecule has 1 aromatic carbocycles. The smallest absolute Gasteiger partial charge is 0.161 e. The zero-order chi connectivity index (χ0) is 22.5. The van der Waals surface area contributed by atoms with Gasteiger partial charge in [0, 0.05) is 62.2 Å². The molecule has 1 atom stereocenters. The maximum Gasteiger partial charge on any atom is 0.161 e. The van der Waals surface area contributed by atoms with Crippen molar-refractivity contribution in [3.8, 4) is 17.1 Å². The molecule has 1 N–H and O–H groups in total. The molecule has 4 rings (SSSR count). The van der Waals surface area contributed by atoms with E-state index in [4.69, 9.17) is 14.7 Å². The number of nitrogens with zero attached hydrogens (tertiary/aromatic N) is 5. The summed E-state index contributed by atoms with van der Waals surface area (Å²) in [5, 5.41) is 3.66. The Hall–Kier alpha value is -3.03. The highest BCUT2D eigenvalue weighted by Crippen LogP contribution is 2.28. The van der Waals surface area contributed by atoms with Gasteiger partial charge in [-0.2, -0.15) is 0 Å². The van der Waals surface area contributed by atoms with Crippen molar-refractivity contribution in [3.05, 3.63) is 65.6 Å². The minimum atomic E-state index is 0.270. The third-order valence-corrected chi connectivity index (χ3v) is 5.67. The summed E-state index contributed by atoms with van der Waals surface area (Å²) < 4.78 is 5.29. The predicted molar refractivity (Wildman–Crippen MR) is 128 cm³/mol. The van der Waals surface area contributed by atoms with Crippen molar-refractivity contribution < 1.29 is 4.74 Å². The van der Waals surface area contributed by atoms with E-state index in [-0.39, 0.29) is 6.04 Å². The number of hydrogen-bond acceptors (Lipinski definition) is 7. The molecule has 2 aromatic heterocycles. The first-order chi connectivity index (χ1) is 15.5. The number of ether oxygens (including phenoxy) is 1. The van der Waals surface area contributed by atoms with Crippen LogP contribution >= 0.6 is 0 Å². The van der Waals surface area contributed by atoms with E-state index in [9.17, 15) is 0 Å². The third kappa shape index (κ3) is 5.41. The molecule has 7 heteroatoms. The van der Waals surface area contributed by atoms with Crippen LogP contribution in [0.5, 0.6) is 5.75 Å². The number of fused-ring (bicyclic) bond motifs is 1. The Labute approximate surface area is 190 Å². The lowest BCUT2D eigenvalue weighted by Crippen LogP contribution is -2.34. The Morgan fingerprint density at radius 1 is 1.09 bits per heavy atom. The summed E-state index contributed by atoms with van der Waals surface area (Å²) in [6.45, 7) is 5.81. The molecule has 0 radical (unpaired) electrons. The van der Waals surface area contributed by atoms with E-state index < -0.39 is 0 Å². The zero-order valence-corrected chi connectivity index (χ0v) is 19.4. The average molecular weight is 433 g/mol. The number of methoxy groups -OCH3 is 1. The largest absolute Gasteiger partial charge is 0.497 e. The van der Waals surface area contributed by atoms with Crippen LogP contribution in [-0.2, 0) is 19.5 Å². The summed E-state index contributed by atoms with van der Waals surface area (Å²) in [6, 6.07) is 12.5. The minimum absolute atomic E-state index is 0.270. The highest BCUT2D eigenvalue weighted by Gasteiger charge is 2.24. The van der Waals surface area contributed by atoms with Gasteiger partial charge in [0.05, 0.1) is 12.8 Å². The monoisotopic (exact) mass is 432 g/mol. The second-order valence-electron chi connectivity index (χ2n) is 8.67. The van der Waals surface area contributed by atoms with Gasteiger partial charge in [-0.1, -0.05) is 12.1 Å². The third-order valence-electron chi connectivity index (χ3n) is 5.67. The lowest BCUT2D eigenvalue weighted by molar-refractivity contribution is 0.243. The molecule has 0 amide bonds. The second kappa shape index (κ2) is 10.1. The molecule has 0 saturated carbocycles. The van der Waals surface area contributed by atoms with Crippen molar-refractivity contribution in [2.24, 2.45) is 0 Å². The molecule has 3 heterocycles. The number of benzene rings is 1. The van der Waals surface area contributed by atoms with Crippen LogP contribution in [0.4, 0.5) is 5.82 Å². The molecular weight excluding hydrogens is 400 g/mol. The van der Waals surface area contributed by atoms with E-state index in [0.717, 1.165) is 61.2 Å². The van der Waals surface area contributed by atoms with Gasteiger partial charge in [-0.15, -0.1) is 0 Å². The summed E-state index contributed by atoms with van der Waals surface area (Å²) in [7, 11) is 5.88. The minimum Gasteiger partial charge on any atom is -0.497 e. The fourth-order valence-corrected chi connectivity index (χ4v) is 4.17. The molecular formula is C25H32N6O. The molecule has 3 aromatic rings. The first-order valence-electron chi connectivity index (χ1n) is 11.1. The molecule has 32 heavy (non-hydrogen) atoms. The van der Waals surface area contributed by atoms with Crippen molar-refractivity contribution in [1.82, 2.24) is 24.8 Å². The maximum atomic E-state index is 5.29. The normalized spacial score (nSPS) is 14.8. The van der Waals surface area contributed by atoms with E-state index >= 15 is 0 Å². The Morgan fingerprint density at radius 2 is 1.84 bits per heavy atom. The van der Waals surface area contributed by atoms with Crippen molar-refractivity contribution in [3.63, 3.8) is 0 Å². The number of aromatic nitrogens is 3.